The van der Waals surface area contributed by atoms with Crippen LogP contribution in [-0.4, -0.2) is 42.5 Å². The summed E-state index contributed by atoms with van der Waals surface area (Å²) in [4.78, 5) is 27.4. The van der Waals surface area contributed by atoms with Crippen molar-refractivity contribution in [3.8, 4) is 0 Å². The van der Waals surface area contributed by atoms with Gasteiger partial charge in [-0.3, -0.25) is 0 Å². The number of ether oxygens (including phenoxy) is 1. The number of allylic oxidation sites excluding steroid dienone is 1. The van der Waals surface area contributed by atoms with Crippen LogP contribution in [0.1, 0.15) is 25.5 Å². The number of likely N-dealkylation sites (N-methyl/N-ethyl adjacent to an activating group) is 1. The minimum absolute atomic E-state index is 0.0838. The Labute approximate surface area is 139 Å². The van der Waals surface area contributed by atoms with Crippen LogP contribution in [0.4, 0.5) is 9.18 Å². The number of carbonyl (C=O) groups is 2. The SMILES string of the molecule is CCOC(=O)C1=C(C)N(C)C(=O)N(C)C1c1c(F)cccc1Cl. The van der Waals surface area contributed by atoms with Crippen molar-refractivity contribution in [3.63, 3.8) is 0 Å². The topological polar surface area (TPSA) is 49.9 Å². The molecular formula is C16H18ClFN2O3. The molecule has 2 rings (SSSR count). The average molecular weight is 341 g/mol. The molecule has 0 fully saturated rings. The lowest BCUT2D eigenvalue weighted by Crippen LogP contribution is -2.47. The van der Waals surface area contributed by atoms with Crippen LogP contribution >= 0.6 is 11.6 Å². The van der Waals surface area contributed by atoms with Crippen LogP contribution in [-0.2, 0) is 9.53 Å². The molecule has 5 nitrogen and oxygen atoms in total. The third-order valence-corrected chi connectivity index (χ3v) is 4.24. The van der Waals surface area contributed by atoms with Crippen molar-refractivity contribution in [2.24, 2.45) is 0 Å². The highest BCUT2D eigenvalue weighted by molar-refractivity contribution is 6.31. The maximum atomic E-state index is 14.4. The van der Waals surface area contributed by atoms with E-state index < -0.39 is 17.8 Å². The van der Waals surface area contributed by atoms with Crippen LogP contribution in [0, 0.1) is 5.82 Å². The third kappa shape index (κ3) is 2.91. The molecule has 2 amide bonds. The Kier molecular flexibility index (Phi) is 4.94. The van der Waals surface area contributed by atoms with Gasteiger partial charge in [0.15, 0.2) is 0 Å². The summed E-state index contributed by atoms with van der Waals surface area (Å²) >= 11 is 6.14. The summed E-state index contributed by atoms with van der Waals surface area (Å²) in [5.41, 5.74) is 0.694. The van der Waals surface area contributed by atoms with E-state index in [2.05, 4.69) is 0 Å². The van der Waals surface area contributed by atoms with Crippen molar-refractivity contribution >= 4 is 23.6 Å². The molecule has 0 aromatic heterocycles. The molecule has 1 aromatic rings. The molecule has 1 atom stereocenters. The first-order valence-corrected chi connectivity index (χ1v) is 7.51. The maximum absolute atomic E-state index is 14.4. The van der Waals surface area contributed by atoms with Crippen molar-refractivity contribution in [2.75, 3.05) is 20.7 Å². The van der Waals surface area contributed by atoms with E-state index in [-0.39, 0.29) is 28.8 Å². The summed E-state index contributed by atoms with van der Waals surface area (Å²) in [7, 11) is 3.05. The van der Waals surface area contributed by atoms with E-state index in [9.17, 15) is 14.0 Å². The van der Waals surface area contributed by atoms with E-state index in [0.29, 0.717) is 5.70 Å². The summed E-state index contributed by atoms with van der Waals surface area (Å²) in [6.07, 6.45) is 0. The number of hydrogen-bond donors (Lipinski definition) is 0. The number of carbonyl (C=O) groups excluding carboxylic acids is 2. The molecule has 1 aliphatic heterocycles. The number of halogens is 2. The summed E-state index contributed by atoms with van der Waals surface area (Å²) in [5, 5.41) is 0.147. The van der Waals surface area contributed by atoms with Gasteiger partial charge < -0.3 is 14.5 Å². The summed E-state index contributed by atoms with van der Waals surface area (Å²) in [6.45, 7) is 3.48. The number of amides is 2. The van der Waals surface area contributed by atoms with Crippen LogP contribution in [0.3, 0.4) is 0 Å². The van der Waals surface area contributed by atoms with E-state index in [1.807, 2.05) is 0 Å². The molecular weight excluding hydrogens is 323 g/mol. The first-order valence-electron chi connectivity index (χ1n) is 7.13. The third-order valence-electron chi connectivity index (χ3n) is 3.91. The highest BCUT2D eigenvalue weighted by Crippen LogP contribution is 2.40. The highest BCUT2D eigenvalue weighted by atomic mass is 35.5. The van der Waals surface area contributed by atoms with Gasteiger partial charge in [0.25, 0.3) is 0 Å². The zero-order valence-corrected chi connectivity index (χ0v) is 14.1. The fourth-order valence-electron chi connectivity index (χ4n) is 2.64. The van der Waals surface area contributed by atoms with E-state index >= 15 is 0 Å². The molecule has 0 spiro atoms. The van der Waals surface area contributed by atoms with Gasteiger partial charge in [-0.05, 0) is 26.0 Å². The number of esters is 1. The van der Waals surface area contributed by atoms with Crippen molar-refractivity contribution in [1.29, 1.82) is 0 Å². The Bertz CT molecular complexity index is 670. The number of hydrogen-bond acceptors (Lipinski definition) is 3. The largest absolute Gasteiger partial charge is 0.463 e. The van der Waals surface area contributed by atoms with Gasteiger partial charge in [-0.15, -0.1) is 0 Å². The molecule has 0 N–H and O–H groups in total. The molecule has 0 radical (unpaired) electrons. The second-order valence-corrected chi connectivity index (χ2v) is 5.62. The van der Waals surface area contributed by atoms with Crippen molar-refractivity contribution in [1.82, 2.24) is 9.80 Å². The van der Waals surface area contributed by atoms with Crippen molar-refractivity contribution in [3.05, 3.63) is 45.9 Å². The predicted octanol–water partition coefficient (Wildman–Crippen LogP) is 3.35. The normalized spacial score (nSPS) is 18.5. The van der Waals surface area contributed by atoms with E-state index in [0.717, 1.165) is 0 Å². The molecule has 0 saturated heterocycles. The predicted molar refractivity (Wildman–Crippen MR) is 84.4 cm³/mol. The van der Waals surface area contributed by atoms with Crippen molar-refractivity contribution < 1.29 is 18.7 Å². The molecule has 0 saturated carbocycles. The van der Waals surface area contributed by atoms with Crippen molar-refractivity contribution in [2.45, 2.75) is 19.9 Å². The van der Waals surface area contributed by atoms with Crippen LogP contribution in [0.25, 0.3) is 0 Å². The molecule has 23 heavy (non-hydrogen) atoms. The van der Waals surface area contributed by atoms with Gasteiger partial charge in [0, 0.05) is 30.4 Å². The van der Waals surface area contributed by atoms with Crippen LogP contribution in [0.5, 0.6) is 0 Å². The lowest BCUT2D eigenvalue weighted by molar-refractivity contribution is -0.139. The number of rotatable bonds is 3. The minimum atomic E-state index is -0.938. The molecule has 1 aromatic carbocycles. The minimum Gasteiger partial charge on any atom is -0.463 e. The zero-order valence-electron chi connectivity index (χ0n) is 13.4. The summed E-state index contributed by atoms with van der Waals surface area (Å²) in [5.74, 6) is -1.18. The smallest absolute Gasteiger partial charge is 0.338 e. The molecule has 124 valence electrons. The first kappa shape index (κ1) is 17.3. The second-order valence-electron chi connectivity index (χ2n) is 5.21. The van der Waals surface area contributed by atoms with Gasteiger partial charge in [-0.2, -0.15) is 0 Å². The van der Waals surface area contributed by atoms with Gasteiger partial charge in [0.05, 0.1) is 18.2 Å². The number of urea groups is 1. The van der Waals surface area contributed by atoms with E-state index in [1.165, 1.54) is 35.0 Å². The monoisotopic (exact) mass is 340 g/mol. The van der Waals surface area contributed by atoms with Crippen LogP contribution < -0.4 is 0 Å². The maximum Gasteiger partial charge on any atom is 0.338 e. The van der Waals surface area contributed by atoms with E-state index in [1.54, 1.807) is 20.9 Å². The average Bonchev–Trinajstić information content (AvgIpc) is 2.50. The number of benzene rings is 1. The molecule has 0 aliphatic carbocycles. The molecule has 1 aliphatic rings. The highest BCUT2D eigenvalue weighted by Gasteiger charge is 2.41. The van der Waals surface area contributed by atoms with Gasteiger partial charge in [-0.1, -0.05) is 17.7 Å². The Morgan fingerprint density at radius 2 is 2.04 bits per heavy atom. The molecule has 1 unspecified atom stereocenters. The number of nitrogens with zero attached hydrogens (tertiary/aromatic N) is 2. The van der Waals surface area contributed by atoms with E-state index in [4.69, 9.17) is 16.3 Å². The second kappa shape index (κ2) is 6.58. The van der Waals surface area contributed by atoms with Gasteiger partial charge in [0.1, 0.15) is 5.82 Å². The fourth-order valence-corrected chi connectivity index (χ4v) is 2.91. The fraction of sp³-hybridized carbons (Fsp3) is 0.375. The van der Waals surface area contributed by atoms with Crippen LogP contribution in [0.2, 0.25) is 5.02 Å². The Morgan fingerprint density at radius 3 is 2.61 bits per heavy atom. The summed E-state index contributed by atoms with van der Waals surface area (Å²) in [6, 6.07) is 2.94. The quantitative estimate of drug-likeness (QED) is 0.793. The first-order chi connectivity index (χ1) is 10.8. The Hall–Kier alpha value is -2.08. The van der Waals surface area contributed by atoms with Gasteiger partial charge in [0.2, 0.25) is 0 Å². The lowest BCUT2D eigenvalue weighted by Gasteiger charge is -2.39. The summed E-state index contributed by atoms with van der Waals surface area (Å²) < 4.78 is 19.5. The standard InChI is InChI=1S/C16H18ClFN2O3/c1-5-23-15(21)12-9(2)19(3)16(22)20(4)14(12)13-10(17)7-6-8-11(13)18/h6-8,14H,5H2,1-4H3. The lowest BCUT2D eigenvalue weighted by atomic mass is 9.93. The van der Waals surface area contributed by atoms with Gasteiger partial charge in [-0.25, -0.2) is 14.0 Å². The molecule has 7 heteroatoms. The Balaban J connectivity index is 2.70. The zero-order chi connectivity index (χ0) is 17.3. The molecule has 1 heterocycles. The van der Waals surface area contributed by atoms with Crippen LogP contribution in [0.15, 0.2) is 29.5 Å². The van der Waals surface area contributed by atoms with Gasteiger partial charge >= 0.3 is 12.0 Å². The molecule has 0 bridgehead atoms. The Morgan fingerprint density at radius 1 is 1.39 bits per heavy atom.